The van der Waals surface area contributed by atoms with Crippen LogP contribution in [0.5, 0.6) is 11.5 Å². The molecule has 0 radical (unpaired) electrons. The van der Waals surface area contributed by atoms with Crippen molar-refractivity contribution < 1.29 is 14.3 Å². The molecule has 0 aliphatic carbocycles. The molecule has 1 aliphatic heterocycles. The second-order valence-corrected chi connectivity index (χ2v) is 7.21. The fourth-order valence-corrected chi connectivity index (χ4v) is 3.23. The molecule has 1 saturated heterocycles. The number of ether oxygens (including phenoxy) is 1. The van der Waals surface area contributed by atoms with Crippen LogP contribution in [0.15, 0.2) is 54.6 Å². The van der Waals surface area contributed by atoms with Crippen LogP contribution < -0.4 is 10.1 Å². The molecule has 1 aliphatic rings. The average molecular weight is 366 g/mol. The fourth-order valence-electron chi connectivity index (χ4n) is 3.23. The summed E-state index contributed by atoms with van der Waals surface area (Å²) in [5.41, 5.74) is 0.729. The highest BCUT2D eigenvalue weighted by molar-refractivity contribution is 5.93. The van der Waals surface area contributed by atoms with Crippen molar-refractivity contribution in [2.24, 2.45) is 11.8 Å². The lowest BCUT2D eigenvalue weighted by Crippen LogP contribution is -2.45. The summed E-state index contributed by atoms with van der Waals surface area (Å²) in [6.07, 6.45) is 1.67. The van der Waals surface area contributed by atoms with Gasteiger partial charge in [0, 0.05) is 24.7 Å². The van der Waals surface area contributed by atoms with Crippen LogP contribution in [-0.4, -0.2) is 29.8 Å². The molecule has 1 heterocycles. The maximum atomic E-state index is 12.6. The number of anilines is 1. The molecule has 0 unspecified atom stereocenters. The first-order valence-corrected chi connectivity index (χ1v) is 9.45. The van der Waals surface area contributed by atoms with Gasteiger partial charge in [-0.1, -0.05) is 32.0 Å². The van der Waals surface area contributed by atoms with Crippen molar-refractivity contribution in [3.8, 4) is 11.5 Å². The summed E-state index contributed by atoms with van der Waals surface area (Å²) in [6, 6.07) is 16.9. The molecule has 2 amide bonds. The molecule has 3 rings (SSSR count). The van der Waals surface area contributed by atoms with Crippen LogP contribution in [-0.2, 0) is 9.59 Å². The van der Waals surface area contributed by atoms with Crippen LogP contribution in [0.2, 0.25) is 0 Å². The highest BCUT2D eigenvalue weighted by Crippen LogP contribution is 2.24. The van der Waals surface area contributed by atoms with Gasteiger partial charge in [0.25, 0.3) is 0 Å². The molecule has 2 aromatic rings. The lowest BCUT2D eigenvalue weighted by atomic mass is 9.96. The van der Waals surface area contributed by atoms with Gasteiger partial charge in [-0.15, -0.1) is 0 Å². The monoisotopic (exact) mass is 366 g/mol. The molecule has 0 bridgehead atoms. The van der Waals surface area contributed by atoms with Crippen molar-refractivity contribution in [2.75, 3.05) is 18.4 Å². The molecular weight excluding hydrogens is 340 g/mol. The topological polar surface area (TPSA) is 58.6 Å². The molecule has 2 aromatic carbocycles. The zero-order valence-corrected chi connectivity index (χ0v) is 15.9. The Labute approximate surface area is 160 Å². The van der Waals surface area contributed by atoms with E-state index in [1.54, 1.807) is 0 Å². The largest absolute Gasteiger partial charge is 0.457 e. The number of amides is 2. The van der Waals surface area contributed by atoms with Gasteiger partial charge in [-0.25, -0.2) is 0 Å². The number of hydrogen-bond acceptors (Lipinski definition) is 3. The van der Waals surface area contributed by atoms with Crippen molar-refractivity contribution >= 4 is 17.5 Å². The molecule has 142 valence electrons. The maximum absolute atomic E-state index is 12.6. The van der Waals surface area contributed by atoms with E-state index in [0.29, 0.717) is 12.3 Å². The van der Waals surface area contributed by atoms with Crippen LogP contribution in [0.3, 0.4) is 0 Å². The number of hydrogen-bond donors (Lipinski definition) is 1. The van der Waals surface area contributed by atoms with E-state index in [1.165, 1.54) is 0 Å². The van der Waals surface area contributed by atoms with E-state index in [9.17, 15) is 9.59 Å². The summed E-state index contributed by atoms with van der Waals surface area (Å²) >= 11 is 0. The number of nitrogens with zero attached hydrogens (tertiary/aromatic N) is 1. The third-order valence-corrected chi connectivity index (χ3v) is 4.70. The molecule has 5 heteroatoms. The number of carbonyl (C=O) groups is 2. The van der Waals surface area contributed by atoms with E-state index < -0.39 is 0 Å². The number of likely N-dealkylation sites (tertiary alicyclic amines) is 1. The van der Waals surface area contributed by atoms with E-state index in [2.05, 4.69) is 5.32 Å². The van der Waals surface area contributed by atoms with Crippen LogP contribution in [0.4, 0.5) is 5.69 Å². The minimum absolute atomic E-state index is 0.0343. The van der Waals surface area contributed by atoms with E-state index >= 15 is 0 Å². The van der Waals surface area contributed by atoms with E-state index in [-0.39, 0.29) is 23.7 Å². The number of para-hydroxylation sites is 1. The third-order valence-electron chi connectivity index (χ3n) is 4.70. The Balaban J connectivity index is 1.56. The van der Waals surface area contributed by atoms with Crippen LogP contribution in [0.25, 0.3) is 0 Å². The van der Waals surface area contributed by atoms with Gasteiger partial charge < -0.3 is 15.0 Å². The van der Waals surface area contributed by atoms with E-state index in [4.69, 9.17) is 4.74 Å². The standard InChI is InChI=1S/C22H26N2O3/c1-16(2)22(26)24-14-6-7-17(15-24)21(25)23-18-10-12-20(13-11-18)27-19-8-4-3-5-9-19/h3-5,8-13,16-17H,6-7,14-15H2,1-2H3,(H,23,25)/t17-/m1/s1. The van der Waals surface area contributed by atoms with Crippen LogP contribution in [0.1, 0.15) is 26.7 Å². The highest BCUT2D eigenvalue weighted by atomic mass is 16.5. The summed E-state index contributed by atoms with van der Waals surface area (Å²) < 4.78 is 5.76. The summed E-state index contributed by atoms with van der Waals surface area (Å²) in [6.45, 7) is 5.03. The number of rotatable bonds is 5. The smallest absolute Gasteiger partial charge is 0.229 e. The highest BCUT2D eigenvalue weighted by Gasteiger charge is 2.29. The average Bonchev–Trinajstić information content (AvgIpc) is 2.69. The molecule has 0 aromatic heterocycles. The SMILES string of the molecule is CC(C)C(=O)N1CCC[C@@H](C(=O)Nc2ccc(Oc3ccccc3)cc2)C1. The summed E-state index contributed by atoms with van der Waals surface area (Å²) in [7, 11) is 0. The summed E-state index contributed by atoms with van der Waals surface area (Å²) in [5.74, 6) is 1.37. The quantitative estimate of drug-likeness (QED) is 0.858. The van der Waals surface area contributed by atoms with Crippen molar-refractivity contribution in [3.63, 3.8) is 0 Å². The summed E-state index contributed by atoms with van der Waals surface area (Å²) in [5, 5.41) is 2.96. The Morgan fingerprint density at radius 2 is 1.70 bits per heavy atom. The van der Waals surface area contributed by atoms with Gasteiger partial charge in [0.05, 0.1) is 5.92 Å². The first kappa shape index (κ1) is 19.0. The Bertz CT molecular complexity index is 772. The van der Waals surface area contributed by atoms with Crippen LogP contribution >= 0.6 is 0 Å². The number of carbonyl (C=O) groups excluding carboxylic acids is 2. The molecule has 1 fully saturated rings. The van der Waals surface area contributed by atoms with Crippen molar-refractivity contribution in [3.05, 3.63) is 54.6 Å². The van der Waals surface area contributed by atoms with Gasteiger partial charge in [-0.05, 0) is 49.2 Å². The minimum Gasteiger partial charge on any atom is -0.457 e. The molecule has 5 nitrogen and oxygen atoms in total. The van der Waals surface area contributed by atoms with Gasteiger partial charge in [0.15, 0.2) is 0 Å². The van der Waals surface area contributed by atoms with Crippen molar-refractivity contribution in [2.45, 2.75) is 26.7 Å². The molecule has 27 heavy (non-hydrogen) atoms. The minimum atomic E-state index is -0.165. The van der Waals surface area contributed by atoms with Gasteiger partial charge in [-0.3, -0.25) is 9.59 Å². The van der Waals surface area contributed by atoms with Gasteiger partial charge in [0.2, 0.25) is 11.8 Å². The van der Waals surface area contributed by atoms with Crippen molar-refractivity contribution in [1.29, 1.82) is 0 Å². The molecule has 1 N–H and O–H groups in total. The van der Waals surface area contributed by atoms with E-state index in [0.717, 1.165) is 30.8 Å². The summed E-state index contributed by atoms with van der Waals surface area (Å²) in [4.78, 5) is 26.6. The van der Waals surface area contributed by atoms with Crippen molar-refractivity contribution in [1.82, 2.24) is 4.90 Å². The van der Waals surface area contributed by atoms with Gasteiger partial charge >= 0.3 is 0 Å². The zero-order chi connectivity index (χ0) is 19.2. The number of benzene rings is 2. The predicted octanol–water partition coefficient (Wildman–Crippen LogP) is 4.31. The Morgan fingerprint density at radius 3 is 2.37 bits per heavy atom. The first-order valence-electron chi connectivity index (χ1n) is 9.45. The lowest BCUT2D eigenvalue weighted by molar-refractivity contribution is -0.137. The molecule has 0 saturated carbocycles. The molecule has 0 spiro atoms. The number of nitrogens with one attached hydrogen (secondary N) is 1. The zero-order valence-electron chi connectivity index (χ0n) is 15.9. The fraction of sp³-hybridized carbons (Fsp3) is 0.364. The van der Waals surface area contributed by atoms with Crippen LogP contribution in [0, 0.1) is 11.8 Å². The van der Waals surface area contributed by atoms with Gasteiger partial charge in [-0.2, -0.15) is 0 Å². The first-order chi connectivity index (χ1) is 13.0. The Morgan fingerprint density at radius 1 is 1.04 bits per heavy atom. The number of piperidine rings is 1. The normalized spacial score (nSPS) is 16.9. The molecule has 1 atom stereocenters. The van der Waals surface area contributed by atoms with Gasteiger partial charge in [0.1, 0.15) is 11.5 Å². The third kappa shape index (κ3) is 5.09. The Hall–Kier alpha value is -2.82. The Kier molecular flexibility index (Phi) is 6.12. The second kappa shape index (κ2) is 8.71. The van der Waals surface area contributed by atoms with E-state index in [1.807, 2.05) is 73.3 Å². The predicted molar refractivity (Wildman–Crippen MR) is 106 cm³/mol. The lowest BCUT2D eigenvalue weighted by Gasteiger charge is -2.33. The maximum Gasteiger partial charge on any atom is 0.229 e. The second-order valence-electron chi connectivity index (χ2n) is 7.21. The molecular formula is C22H26N2O3.